The van der Waals surface area contributed by atoms with Crippen molar-refractivity contribution < 1.29 is 12.6 Å². The molecule has 3 N–H and O–H groups in total. The maximum Gasteiger partial charge on any atom is 0.242 e. The monoisotopic (exact) mass is 304 g/mol. The summed E-state index contributed by atoms with van der Waals surface area (Å²) >= 11 is 0. The molecule has 0 amide bonds. The van der Waals surface area contributed by atoms with Gasteiger partial charge in [-0.15, -0.1) is 0 Å². The zero-order valence-corrected chi connectivity index (χ0v) is 13.0. The Morgan fingerprint density at radius 2 is 1.95 bits per heavy atom. The van der Waals surface area contributed by atoms with Crippen LogP contribution >= 0.6 is 0 Å². The van der Waals surface area contributed by atoms with E-state index in [0.29, 0.717) is 17.7 Å². The van der Waals surface area contributed by atoms with Crippen LogP contribution in [-0.4, -0.2) is 31.2 Å². The summed E-state index contributed by atoms with van der Waals surface area (Å²) in [5, 5.41) is 0. The summed E-state index contributed by atoms with van der Waals surface area (Å²) in [6, 6.07) is 3.39. The van der Waals surface area contributed by atoms with Gasteiger partial charge in [0.05, 0.1) is 5.69 Å². The number of nitrogen functional groups attached to an aromatic ring is 1. The Morgan fingerprint density at radius 3 is 2.53 bits per heavy atom. The van der Waals surface area contributed by atoms with Crippen LogP contribution in [0.25, 0.3) is 0 Å². The van der Waals surface area contributed by atoms with Gasteiger partial charge in [-0.2, -0.15) is 0 Å². The van der Waals surface area contributed by atoms with Crippen LogP contribution in [0.5, 0.6) is 0 Å². The van der Waals surface area contributed by atoms with E-state index in [1.807, 2.05) is 6.92 Å². The number of hydrogen-bond donors (Lipinski definition) is 2. The van der Waals surface area contributed by atoms with Crippen molar-refractivity contribution in [1.82, 2.24) is 4.72 Å². The Morgan fingerprint density at radius 1 is 1.32 bits per heavy atom. The molecule has 0 bridgehead atoms. The molecule has 0 saturated carbocycles. The SMILES string of the molecule is Cc1ccc(N)c(S(=O)(=O)NCCCS(C)=O)c1C. The zero-order chi connectivity index (χ0) is 14.6. The lowest BCUT2D eigenvalue weighted by molar-refractivity contribution is 0.580. The summed E-state index contributed by atoms with van der Waals surface area (Å²) in [5.41, 5.74) is 7.54. The van der Waals surface area contributed by atoms with Gasteiger partial charge in [0, 0.05) is 29.4 Å². The summed E-state index contributed by atoms with van der Waals surface area (Å²) in [5.74, 6) is 0.477. The summed E-state index contributed by atoms with van der Waals surface area (Å²) in [6.45, 7) is 3.84. The smallest absolute Gasteiger partial charge is 0.242 e. The molecule has 0 aromatic heterocycles. The molecule has 0 aliphatic heterocycles. The Labute approximate surface area is 117 Å². The van der Waals surface area contributed by atoms with E-state index in [1.165, 1.54) is 0 Å². The highest BCUT2D eigenvalue weighted by Crippen LogP contribution is 2.24. The van der Waals surface area contributed by atoms with Crippen molar-refractivity contribution in [2.45, 2.75) is 25.2 Å². The number of nitrogens with one attached hydrogen (secondary N) is 1. The van der Waals surface area contributed by atoms with E-state index in [1.54, 1.807) is 25.3 Å². The van der Waals surface area contributed by atoms with Crippen molar-refractivity contribution in [1.29, 1.82) is 0 Å². The molecule has 1 atom stereocenters. The molecule has 1 aromatic carbocycles. The number of rotatable bonds is 6. The number of hydrogen-bond acceptors (Lipinski definition) is 4. The molecule has 0 radical (unpaired) electrons. The number of benzene rings is 1. The predicted octanol–water partition coefficient (Wildman–Crippen LogP) is 0.933. The minimum Gasteiger partial charge on any atom is -0.398 e. The highest BCUT2D eigenvalue weighted by atomic mass is 32.2. The first kappa shape index (κ1) is 16.1. The zero-order valence-electron chi connectivity index (χ0n) is 11.4. The highest BCUT2D eigenvalue weighted by molar-refractivity contribution is 7.89. The van der Waals surface area contributed by atoms with Crippen molar-refractivity contribution in [3.05, 3.63) is 23.3 Å². The molecular weight excluding hydrogens is 284 g/mol. The van der Waals surface area contributed by atoms with Crippen molar-refractivity contribution >= 4 is 26.5 Å². The van der Waals surface area contributed by atoms with E-state index in [0.717, 1.165) is 5.56 Å². The van der Waals surface area contributed by atoms with Crippen LogP contribution in [0.4, 0.5) is 5.69 Å². The summed E-state index contributed by atoms with van der Waals surface area (Å²) < 4.78 is 37.8. The van der Waals surface area contributed by atoms with E-state index < -0.39 is 20.8 Å². The maximum atomic E-state index is 12.2. The molecule has 0 spiro atoms. The third-order valence-electron chi connectivity index (χ3n) is 2.88. The first-order valence-electron chi connectivity index (χ1n) is 5.91. The van der Waals surface area contributed by atoms with Gasteiger partial charge in [-0.05, 0) is 37.5 Å². The minimum atomic E-state index is -3.62. The third kappa shape index (κ3) is 4.29. The predicted molar refractivity (Wildman–Crippen MR) is 79.1 cm³/mol. The Hall–Kier alpha value is -0.920. The second-order valence-electron chi connectivity index (χ2n) is 4.45. The van der Waals surface area contributed by atoms with Gasteiger partial charge in [-0.1, -0.05) is 6.07 Å². The van der Waals surface area contributed by atoms with E-state index >= 15 is 0 Å². The van der Waals surface area contributed by atoms with Gasteiger partial charge in [-0.3, -0.25) is 4.21 Å². The van der Waals surface area contributed by atoms with E-state index in [2.05, 4.69) is 4.72 Å². The van der Waals surface area contributed by atoms with Crippen molar-refractivity contribution in [3.63, 3.8) is 0 Å². The summed E-state index contributed by atoms with van der Waals surface area (Å²) in [4.78, 5) is 0.144. The standard InChI is InChI=1S/C12H20N2O3S2/c1-9-5-6-11(13)12(10(9)2)19(16,17)14-7-4-8-18(3)15/h5-6,14H,4,7-8,13H2,1-3H3. The first-order chi connectivity index (χ1) is 8.75. The molecule has 0 heterocycles. The molecule has 108 valence electrons. The molecular formula is C12H20N2O3S2. The van der Waals surface area contributed by atoms with Gasteiger partial charge in [0.25, 0.3) is 0 Å². The normalized spacial score (nSPS) is 13.4. The van der Waals surface area contributed by atoms with Crippen LogP contribution in [0.15, 0.2) is 17.0 Å². The fourth-order valence-electron chi connectivity index (χ4n) is 1.72. The van der Waals surface area contributed by atoms with Crippen LogP contribution in [0.3, 0.4) is 0 Å². The van der Waals surface area contributed by atoms with E-state index in [-0.39, 0.29) is 17.1 Å². The molecule has 0 aliphatic rings. The Kier molecular flexibility index (Phi) is 5.51. The van der Waals surface area contributed by atoms with Crippen LogP contribution in [0.1, 0.15) is 17.5 Å². The van der Waals surface area contributed by atoms with Gasteiger partial charge in [0.15, 0.2) is 0 Å². The average molecular weight is 304 g/mol. The van der Waals surface area contributed by atoms with Crippen molar-refractivity contribution in [2.24, 2.45) is 0 Å². The van der Waals surface area contributed by atoms with Gasteiger partial charge in [-0.25, -0.2) is 13.1 Å². The van der Waals surface area contributed by atoms with Crippen LogP contribution in [-0.2, 0) is 20.8 Å². The molecule has 19 heavy (non-hydrogen) atoms. The molecule has 0 saturated heterocycles. The van der Waals surface area contributed by atoms with Gasteiger partial charge in [0.2, 0.25) is 10.0 Å². The van der Waals surface area contributed by atoms with Gasteiger partial charge in [0.1, 0.15) is 4.90 Å². The first-order valence-corrected chi connectivity index (χ1v) is 9.12. The van der Waals surface area contributed by atoms with Crippen LogP contribution < -0.4 is 10.5 Å². The third-order valence-corrected chi connectivity index (χ3v) is 5.40. The number of anilines is 1. The van der Waals surface area contributed by atoms with Gasteiger partial charge < -0.3 is 5.73 Å². The van der Waals surface area contributed by atoms with E-state index in [9.17, 15) is 12.6 Å². The fourth-order valence-corrected chi connectivity index (χ4v) is 3.77. The second kappa shape index (κ2) is 6.49. The Balaban J connectivity index is 2.89. The maximum absolute atomic E-state index is 12.2. The topological polar surface area (TPSA) is 89.3 Å². The lowest BCUT2D eigenvalue weighted by Gasteiger charge is -2.13. The molecule has 1 unspecified atom stereocenters. The molecule has 0 aliphatic carbocycles. The molecule has 0 fully saturated rings. The summed E-state index contributed by atoms with van der Waals surface area (Å²) in [7, 11) is -4.53. The van der Waals surface area contributed by atoms with Crippen molar-refractivity contribution in [3.8, 4) is 0 Å². The number of sulfonamides is 1. The summed E-state index contributed by atoms with van der Waals surface area (Å²) in [6.07, 6.45) is 2.13. The molecule has 1 aromatic rings. The van der Waals surface area contributed by atoms with Crippen molar-refractivity contribution in [2.75, 3.05) is 24.3 Å². The van der Waals surface area contributed by atoms with E-state index in [4.69, 9.17) is 5.73 Å². The number of nitrogens with two attached hydrogens (primary N) is 1. The fraction of sp³-hybridized carbons (Fsp3) is 0.500. The number of aryl methyl sites for hydroxylation is 1. The second-order valence-corrected chi connectivity index (χ2v) is 7.71. The highest BCUT2D eigenvalue weighted by Gasteiger charge is 2.20. The lowest BCUT2D eigenvalue weighted by atomic mass is 10.1. The lowest BCUT2D eigenvalue weighted by Crippen LogP contribution is -2.27. The molecule has 7 heteroatoms. The minimum absolute atomic E-state index is 0.144. The van der Waals surface area contributed by atoms with Crippen LogP contribution in [0, 0.1) is 13.8 Å². The quantitative estimate of drug-likeness (QED) is 0.604. The van der Waals surface area contributed by atoms with Crippen LogP contribution in [0.2, 0.25) is 0 Å². The molecule has 5 nitrogen and oxygen atoms in total. The Bertz CT molecular complexity index is 583. The van der Waals surface area contributed by atoms with Gasteiger partial charge >= 0.3 is 0 Å². The average Bonchev–Trinajstić information content (AvgIpc) is 2.29. The molecule has 1 rings (SSSR count). The largest absolute Gasteiger partial charge is 0.398 e.